The summed E-state index contributed by atoms with van der Waals surface area (Å²) in [5.74, 6) is -0.00675. The van der Waals surface area contributed by atoms with Crippen LogP contribution in [0.3, 0.4) is 0 Å². The van der Waals surface area contributed by atoms with Gasteiger partial charge in [-0.15, -0.1) is 0 Å². The van der Waals surface area contributed by atoms with Crippen LogP contribution in [0, 0.1) is 24.0 Å². The van der Waals surface area contributed by atoms with Crippen LogP contribution in [0.1, 0.15) is 22.8 Å². The first kappa shape index (κ1) is 15.7. The molecule has 0 aliphatic heterocycles. The fraction of sp³-hybridized carbons (Fsp3) is 0.125. The minimum absolute atomic E-state index is 0.0811. The normalized spacial score (nSPS) is 10.6. The van der Waals surface area contributed by atoms with Crippen molar-refractivity contribution in [1.29, 1.82) is 5.41 Å². The average Bonchev–Trinajstić information content (AvgIpc) is 3.01. The maximum atomic E-state index is 13.7. The molecule has 0 spiro atoms. The summed E-state index contributed by atoms with van der Waals surface area (Å²) in [4.78, 5) is 8.02. The summed E-state index contributed by atoms with van der Waals surface area (Å²) in [6, 6.07) is 7.48. The van der Waals surface area contributed by atoms with Crippen LogP contribution < -0.4 is 5.32 Å². The zero-order chi connectivity index (χ0) is 17.1. The van der Waals surface area contributed by atoms with E-state index in [-0.39, 0.29) is 35.3 Å². The van der Waals surface area contributed by atoms with Gasteiger partial charge < -0.3 is 5.32 Å². The van der Waals surface area contributed by atoms with Gasteiger partial charge in [-0.1, -0.05) is 18.2 Å². The van der Waals surface area contributed by atoms with Crippen molar-refractivity contribution in [1.82, 2.24) is 20.2 Å². The number of halogens is 2. The van der Waals surface area contributed by atoms with Gasteiger partial charge in [-0.3, -0.25) is 10.5 Å². The Hall–Kier alpha value is -3.16. The van der Waals surface area contributed by atoms with E-state index in [1.165, 1.54) is 12.1 Å². The molecule has 0 saturated carbocycles. The molecule has 0 fully saturated rings. The fourth-order valence-corrected chi connectivity index (χ4v) is 2.17. The highest BCUT2D eigenvalue weighted by Gasteiger charge is 2.16. The molecule has 3 aromatic rings. The first-order valence-corrected chi connectivity index (χ1v) is 7.15. The van der Waals surface area contributed by atoms with Crippen LogP contribution >= 0.6 is 0 Å². The largest absolute Gasteiger partial charge is 0.365 e. The van der Waals surface area contributed by atoms with Crippen molar-refractivity contribution >= 4 is 11.5 Å². The van der Waals surface area contributed by atoms with Crippen LogP contribution in [0.5, 0.6) is 0 Å². The molecule has 3 N–H and O–H groups in total. The lowest BCUT2D eigenvalue weighted by molar-refractivity contribution is 0.612. The number of nitrogens with one attached hydrogen (secondary N) is 3. The zero-order valence-electron chi connectivity index (χ0n) is 12.8. The minimum atomic E-state index is -0.585. The summed E-state index contributed by atoms with van der Waals surface area (Å²) in [6.07, 6.45) is 1.03. The van der Waals surface area contributed by atoms with Gasteiger partial charge in [0.1, 0.15) is 29.0 Å². The van der Waals surface area contributed by atoms with E-state index in [1.807, 2.05) is 0 Å². The molecule has 8 heteroatoms. The Morgan fingerprint density at radius 3 is 2.79 bits per heavy atom. The molecule has 0 bridgehead atoms. The molecule has 1 aromatic carbocycles. The van der Waals surface area contributed by atoms with Crippen LogP contribution in [0.2, 0.25) is 0 Å². The number of anilines is 1. The number of hydrogen-bond acceptors (Lipinski definition) is 5. The summed E-state index contributed by atoms with van der Waals surface area (Å²) >= 11 is 0. The standard InChI is InChI=1S/C16H14F2N6/c1-9-22-16(24-23-9)14(19)12-6-11(17)8-21-15(12)20-7-10-4-2-3-5-13(10)18/h2-6,8,19H,7H2,1H3,(H,20,21)(H,22,23,24). The van der Waals surface area contributed by atoms with Gasteiger partial charge in [0.15, 0.2) is 5.82 Å². The fourth-order valence-electron chi connectivity index (χ4n) is 2.17. The van der Waals surface area contributed by atoms with Gasteiger partial charge in [0, 0.05) is 17.7 Å². The van der Waals surface area contributed by atoms with Gasteiger partial charge in [0.25, 0.3) is 0 Å². The monoisotopic (exact) mass is 328 g/mol. The third-order valence-corrected chi connectivity index (χ3v) is 3.35. The van der Waals surface area contributed by atoms with Crippen molar-refractivity contribution in [3.05, 3.63) is 70.9 Å². The van der Waals surface area contributed by atoms with Gasteiger partial charge in [0.2, 0.25) is 0 Å². The second-order valence-corrected chi connectivity index (χ2v) is 5.11. The Kier molecular flexibility index (Phi) is 4.28. The van der Waals surface area contributed by atoms with Crippen molar-refractivity contribution in [2.45, 2.75) is 13.5 Å². The number of benzene rings is 1. The number of pyridine rings is 1. The van der Waals surface area contributed by atoms with Crippen molar-refractivity contribution in [2.24, 2.45) is 0 Å². The SMILES string of the molecule is Cc1nc(C(=N)c2cc(F)cnc2NCc2ccccc2F)n[nH]1. The molecule has 3 rings (SSSR count). The molecule has 6 nitrogen and oxygen atoms in total. The third kappa shape index (κ3) is 3.27. The second-order valence-electron chi connectivity index (χ2n) is 5.11. The second kappa shape index (κ2) is 6.53. The minimum Gasteiger partial charge on any atom is -0.365 e. The summed E-state index contributed by atoms with van der Waals surface area (Å²) in [5, 5.41) is 17.6. The lowest BCUT2D eigenvalue weighted by Crippen LogP contribution is -2.12. The smallest absolute Gasteiger partial charge is 0.199 e. The van der Waals surface area contributed by atoms with E-state index in [9.17, 15) is 8.78 Å². The predicted molar refractivity (Wildman–Crippen MR) is 85.0 cm³/mol. The van der Waals surface area contributed by atoms with Crippen LogP contribution in [0.15, 0.2) is 36.5 Å². The van der Waals surface area contributed by atoms with Crippen LogP contribution in [-0.4, -0.2) is 25.9 Å². The predicted octanol–water partition coefficient (Wildman–Crippen LogP) is 2.81. The van der Waals surface area contributed by atoms with Gasteiger partial charge in [-0.25, -0.2) is 18.7 Å². The first-order valence-electron chi connectivity index (χ1n) is 7.15. The van der Waals surface area contributed by atoms with E-state index in [1.54, 1.807) is 25.1 Å². The quantitative estimate of drug-likeness (QED) is 0.628. The van der Waals surface area contributed by atoms with Crippen molar-refractivity contribution in [3.63, 3.8) is 0 Å². The molecule has 0 aliphatic rings. The maximum absolute atomic E-state index is 13.7. The van der Waals surface area contributed by atoms with Crippen LogP contribution in [0.4, 0.5) is 14.6 Å². The van der Waals surface area contributed by atoms with Gasteiger partial charge >= 0.3 is 0 Å². The molecule has 122 valence electrons. The molecule has 0 atom stereocenters. The number of aromatic amines is 1. The van der Waals surface area contributed by atoms with E-state index >= 15 is 0 Å². The zero-order valence-corrected chi connectivity index (χ0v) is 12.8. The Balaban J connectivity index is 1.88. The molecule has 2 heterocycles. The molecular formula is C16H14F2N6. The number of aryl methyl sites for hydroxylation is 1. The third-order valence-electron chi connectivity index (χ3n) is 3.35. The number of H-pyrrole nitrogens is 1. The Morgan fingerprint density at radius 1 is 1.29 bits per heavy atom. The number of nitrogens with zero attached hydrogens (tertiary/aromatic N) is 3. The highest BCUT2D eigenvalue weighted by atomic mass is 19.1. The lowest BCUT2D eigenvalue weighted by Gasteiger charge is -2.11. The Labute approximate surface area is 136 Å². The molecule has 0 unspecified atom stereocenters. The highest BCUT2D eigenvalue weighted by Crippen LogP contribution is 2.18. The summed E-state index contributed by atoms with van der Waals surface area (Å²) < 4.78 is 27.3. The average molecular weight is 328 g/mol. The number of rotatable bonds is 5. The van der Waals surface area contributed by atoms with E-state index in [4.69, 9.17) is 5.41 Å². The maximum Gasteiger partial charge on any atom is 0.199 e. The molecule has 0 amide bonds. The molecule has 0 aliphatic carbocycles. The lowest BCUT2D eigenvalue weighted by atomic mass is 10.1. The molecular weight excluding hydrogens is 314 g/mol. The molecule has 2 aromatic heterocycles. The highest BCUT2D eigenvalue weighted by molar-refractivity contribution is 6.11. The van der Waals surface area contributed by atoms with E-state index in [0.717, 1.165) is 6.20 Å². The van der Waals surface area contributed by atoms with Crippen LogP contribution in [0.25, 0.3) is 0 Å². The van der Waals surface area contributed by atoms with Gasteiger partial charge in [0.05, 0.1) is 6.20 Å². The number of aromatic nitrogens is 4. The van der Waals surface area contributed by atoms with Crippen molar-refractivity contribution in [2.75, 3.05) is 5.32 Å². The van der Waals surface area contributed by atoms with Crippen molar-refractivity contribution in [3.8, 4) is 0 Å². The van der Waals surface area contributed by atoms with Crippen molar-refractivity contribution < 1.29 is 8.78 Å². The Bertz CT molecular complexity index is 890. The topological polar surface area (TPSA) is 90.3 Å². The first-order chi connectivity index (χ1) is 11.5. The Morgan fingerprint density at radius 2 is 2.08 bits per heavy atom. The molecule has 0 radical (unpaired) electrons. The summed E-state index contributed by atoms with van der Waals surface area (Å²) in [7, 11) is 0. The van der Waals surface area contributed by atoms with E-state index in [0.29, 0.717) is 11.4 Å². The number of hydrogen-bond donors (Lipinski definition) is 3. The van der Waals surface area contributed by atoms with Crippen LogP contribution in [-0.2, 0) is 6.54 Å². The van der Waals surface area contributed by atoms with Gasteiger partial charge in [-0.05, 0) is 19.1 Å². The summed E-state index contributed by atoms with van der Waals surface area (Å²) in [5.41, 5.74) is 0.558. The molecule has 0 saturated heterocycles. The molecule has 24 heavy (non-hydrogen) atoms. The summed E-state index contributed by atoms with van der Waals surface area (Å²) in [6.45, 7) is 1.85. The van der Waals surface area contributed by atoms with E-state index in [2.05, 4.69) is 25.5 Å². The van der Waals surface area contributed by atoms with E-state index < -0.39 is 5.82 Å². The van der Waals surface area contributed by atoms with Gasteiger partial charge in [-0.2, -0.15) is 5.10 Å².